The summed E-state index contributed by atoms with van der Waals surface area (Å²) in [6, 6.07) is 0. The molecule has 3 N–H and O–H groups in total. The van der Waals surface area contributed by atoms with Crippen LogP contribution in [0.5, 0.6) is 0 Å². The third-order valence-corrected chi connectivity index (χ3v) is 16.1. The number of carboxylic acid groups (broad SMARTS) is 1. The summed E-state index contributed by atoms with van der Waals surface area (Å²) in [5, 5.41) is 31.7. The Balaban J connectivity index is 2.64. The van der Waals surface area contributed by atoms with Gasteiger partial charge in [0.1, 0.15) is 18.8 Å². The minimum absolute atomic E-state index is 0.0617. The zero-order chi connectivity index (χ0) is 61.7. The van der Waals surface area contributed by atoms with Gasteiger partial charge in [-0.25, -0.2) is 4.79 Å². The van der Waals surface area contributed by atoms with E-state index >= 15 is 0 Å². The molecule has 1 rings (SSSR count). The largest absolute Gasteiger partial charge is 0.479 e. The zero-order valence-corrected chi connectivity index (χ0v) is 54.6. The Morgan fingerprint density at radius 3 is 1.13 bits per heavy atom. The van der Waals surface area contributed by atoms with E-state index in [1.807, 2.05) is 0 Å². The van der Waals surface area contributed by atoms with Gasteiger partial charge in [-0.1, -0.05) is 306 Å². The average Bonchev–Trinajstić information content (AvgIpc) is 3.51. The molecule has 12 nitrogen and oxygen atoms in total. The van der Waals surface area contributed by atoms with Gasteiger partial charge in [-0.2, -0.15) is 0 Å². The Morgan fingerprint density at radius 2 is 0.741 bits per heavy atom. The molecule has 0 aromatic rings. The first-order valence-corrected chi connectivity index (χ1v) is 35.3. The molecular weight excluding hydrogens is 1070 g/mol. The first-order chi connectivity index (χ1) is 41.6. The van der Waals surface area contributed by atoms with Gasteiger partial charge in [0.15, 0.2) is 24.6 Å². The van der Waals surface area contributed by atoms with Crippen LogP contribution in [-0.4, -0.2) is 89.2 Å². The van der Waals surface area contributed by atoms with Crippen LogP contribution in [0.15, 0.2) is 60.8 Å². The van der Waals surface area contributed by atoms with Crippen molar-refractivity contribution in [3.8, 4) is 0 Å². The predicted molar refractivity (Wildman–Crippen MR) is 349 cm³/mol. The second kappa shape index (κ2) is 60.7. The maximum atomic E-state index is 13.2. The van der Waals surface area contributed by atoms with E-state index in [4.69, 9.17) is 23.7 Å². The molecule has 492 valence electrons. The van der Waals surface area contributed by atoms with E-state index in [1.54, 1.807) is 0 Å². The predicted octanol–water partition coefficient (Wildman–Crippen LogP) is 19.5. The summed E-state index contributed by atoms with van der Waals surface area (Å²) < 4.78 is 28.6. The lowest BCUT2D eigenvalue weighted by Gasteiger charge is -2.40. The van der Waals surface area contributed by atoms with Gasteiger partial charge < -0.3 is 39.0 Å². The van der Waals surface area contributed by atoms with Gasteiger partial charge in [0.25, 0.3) is 0 Å². The van der Waals surface area contributed by atoms with E-state index in [-0.39, 0.29) is 25.9 Å². The first-order valence-electron chi connectivity index (χ1n) is 35.3. The SMILES string of the molecule is CC/C=C\C/C=C\C/C=C\C/C=C\C/C=C\CCCCCC(=O)OCC(COC1OC(C(=O)O)C(O)C(O)C1OC(=O)CCCCCCCCCCCCCCCCCCCCC)OC(=O)CCCCCCCCCCCCCCCCCCC. The van der Waals surface area contributed by atoms with E-state index in [2.05, 4.69) is 81.5 Å². The van der Waals surface area contributed by atoms with Gasteiger partial charge >= 0.3 is 23.9 Å². The summed E-state index contributed by atoms with van der Waals surface area (Å²) in [4.78, 5) is 51.5. The van der Waals surface area contributed by atoms with Gasteiger partial charge in [-0.15, -0.1) is 0 Å². The number of hydrogen-bond donors (Lipinski definition) is 3. The number of carbonyl (C=O) groups is 4. The number of unbranched alkanes of at least 4 members (excludes halogenated alkanes) is 37. The van der Waals surface area contributed by atoms with Crippen LogP contribution in [-0.2, 0) is 42.9 Å². The van der Waals surface area contributed by atoms with Crippen molar-refractivity contribution in [2.75, 3.05) is 13.2 Å². The minimum Gasteiger partial charge on any atom is -0.479 e. The quantitative estimate of drug-likeness (QED) is 0.0228. The molecule has 0 bridgehead atoms. The van der Waals surface area contributed by atoms with Crippen molar-refractivity contribution in [1.82, 2.24) is 0 Å². The highest BCUT2D eigenvalue weighted by atomic mass is 16.7. The highest BCUT2D eigenvalue weighted by molar-refractivity contribution is 5.74. The molecule has 0 amide bonds. The molecule has 0 radical (unpaired) electrons. The number of carbonyl (C=O) groups excluding carboxylic acids is 3. The van der Waals surface area contributed by atoms with Crippen LogP contribution in [0, 0.1) is 0 Å². The molecule has 0 aromatic carbocycles. The highest BCUT2D eigenvalue weighted by Gasteiger charge is 2.50. The van der Waals surface area contributed by atoms with Crippen molar-refractivity contribution in [3.05, 3.63) is 60.8 Å². The van der Waals surface area contributed by atoms with Crippen molar-refractivity contribution >= 4 is 23.9 Å². The summed E-state index contributed by atoms with van der Waals surface area (Å²) in [6.45, 7) is 5.92. The molecular formula is C73H128O12. The number of esters is 3. The molecule has 6 atom stereocenters. The first kappa shape index (κ1) is 79.4. The Morgan fingerprint density at radius 1 is 0.400 bits per heavy atom. The lowest BCUT2D eigenvalue weighted by Crippen LogP contribution is -2.61. The standard InChI is InChI=1S/C73H128O12/c1-4-7-10-13-16-19-22-25-28-31-33-36-38-41-44-47-50-53-56-59-65(74)81-62-64(83-66(75)60-57-54-51-48-45-42-39-35-30-27-24-21-18-15-12-9-6-3)63-82-73-71(69(78)68(77)70(85-73)72(79)80)84-67(76)61-58-55-52-49-46-43-40-37-34-32-29-26-23-20-17-14-11-8-5-2/h7,10,16,19,25,28,33,36,41,44,64,68-71,73,77-78H,4-6,8-9,11-15,17-18,20-24,26-27,29-32,34-35,37-40,42-43,45-63H2,1-3H3,(H,79,80)/b10-7-,19-16-,28-25-,36-33-,44-41-. The molecule has 85 heavy (non-hydrogen) atoms. The zero-order valence-electron chi connectivity index (χ0n) is 54.6. The molecule has 1 aliphatic heterocycles. The molecule has 1 heterocycles. The maximum absolute atomic E-state index is 13.2. The van der Waals surface area contributed by atoms with Crippen LogP contribution in [0.3, 0.4) is 0 Å². The summed E-state index contributed by atoms with van der Waals surface area (Å²) >= 11 is 0. The number of ether oxygens (including phenoxy) is 5. The highest BCUT2D eigenvalue weighted by Crippen LogP contribution is 2.27. The fourth-order valence-electron chi connectivity index (χ4n) is 10.8. The van der Waals surface area contributed by atoms with Crippen molar-refractivity contribution in [3.63, 3.8) is 0 Å². The lowest BCUT2D eigenvalue weighted by atomic mass is 9.98. The fraction of sp³-hybridized carbons (Fsp3) is 0.808. The van der Waals surface area contributed by atoms with Gasteiger partial charge in [-0.05, 0) is 64.2 Å². The fourth-order valence-corrected chi connectivity index (χ4v) is 10.8. The molecule has 1 aliphatic rings. The van der Waals surface area contributed by atoms with E-state index in [1.165, 1.54) is 173 Å². The smallest absolute Gasteiger partial charge is 0.335 e. The second-order valence-corrected chi connectivity index (χ2v) is 24.2. The Labute approximate surface area is 519 Å². The minimum atomic E-state index is -1.91. The molecule has 6 unspecified atom stereocenters. The Bertz CT molecular complexity index is 1710. The van der Waals surface area contributed by atoms with Crippen LogP contribution in [0.2, 0.25) is 0 Å². The molecule has 1 saturated heterocycles. The summed E-state index contributed by atoms with van der Waals surface area (Å²) in [5.74, 6) is -3.13. The number of aliphatic hydroxyl groups excluding tert-OH is 2. The van der Waals surface area contributed by atoms with Gasteiger partial charge in [0.05, 0.1) is 6.61 Å². The molecule has 1 fully saturated rings. The second-order valence-electron chi connectivity index (χ2n) is 24.2. The van der Waals surface area contributed by atoms with Crippen molar-refractivity contribution in [2.45, 2.75) is 366 Å². The van der Waals surface area contributed by atoms with E-state index in [0.717, 1.165) is 96.3 Å². The van der Waals surface area contributed by atoms with Crippen molar-refractivity contribution in [2.24, 2.45) is 0 Å². The van der Waals surface area contributed by atoms with Gasteiger partial charge in [-0.3, -0.25) is 14.4 Å². The van der Waals surface area contributed by atoms with Gasteiger partial charge in [0.2, 0.25) is 0 Å². The maximum Gasteiger partial charge on any atom is 0.335 e. The summed E-state index contributed by atoms with van der Waals surface area (Å²) in [7, 11) is 0. The monoisotopic (exact) mass is 1200 g/mol. The van der Waals surface area contributed by atoms with Crippen LogP contribution in [0.4, 0.5) is 0 Å². The number of rotatable bonds is 61. The van der Waals surface area contributed by atoms with Crippen LogP contribution >= 0.6 is 0 Å². The molecule has 0 aromatic heterocycles. The third-order valence-electron chi connectivity index (χ3n) is 16.1. The lowest BCUT2D eigenvalue weighted by molar-refractivity contribution is -0.301. The third kappa shape index (κ3) is 50.0. The van der Waals surface area contributed by atoms with Gasteiger partial charge in [0, 0.05) is 19.3 Å². The normalized spacial score (nSPS) is 17.8. The average molecular weight is 1200 g/mol. The van der Waals surface area contributed by atoms with Crippen molar-refractivity contribution in [1.29, 1.82) is 0 Å². The molecule has 0 spiro atoms. The molecule has 0 saturated carbocycles. The number of aliphatic carboxylic acids is 1. The van der Waals surface area contributed by atoms with Crippen molar-refractivity contribution < 1.29 is 58.2 Å². The van der Waals surface area contributed by atoms with E-state index in [0.29, 0.717) is 19.3 Å². The Hall–Kier alpha value is -3.58. The summed E-state index contributed by atoms with van der Waals surface area (Å²) in [5.41, 5.74) is 0. The number of aliphatic hydroxyl groups is 2. The van der Waals surface area contributed by atoms with E-state index in [9.17, 15) is 34.5 Å². The van der Waals surface area contributed by atoms with Crippen LogP contribution in [0.1, 0.15) is 329 Å². The number of allylic oxidation sites excluding steroid dienone is 10. The number of carboxylic acids is 1. The number of hydrogen-bond acceptors (Lipinski definition) is 11. The molecule has 12 heteroatoms. The summed E-state index contributed by atoms with van der Waals surface area (Å²) in [6.07, 6.45) is 64.6. The van der Waals surface area contributed by atoms with Crippen LogP contribution in [0.25, 0.3) is 0 Å². The molecule has 0 aliphatic carbocycles. The Kier molecular flexibility index (Phi) is 56.7. The van der Waals surface area contributed by atoms with Crippen LogP contribution < -0.4 is 0 Å². The topological polar surface area (TPSA) is 175 Å². The van der Waals surface area contributed by atoms with E-state index < -0.39 is 67.3 Å².